The van der Waals surface area contributed by atoms with Gasteiger partial charge in [-0.2, -0.15) is 4.99 Å². The van der Waals surface area contributed by atoms with E-state index < -0.39 is 5.63 Å². The van der Waals surface area contributed by atoms with Gasteiger partial charge in [-0.1, -0.05) is 5.11 Å². The number of nitrogens with two attached hydrogens (primary N) is 2. The fourth-order valence-corrected chi connectivity index (χ4v) is 1.94. The number of hydrogen-bond acceptors (Lipinski definition) is 6. The minimum atomic E-state index is -0.777. The van der Waals surface area contributed by atoms with Crippen LogP contribution < -0.4 is 27.1 Å². The van der Waals surface area contributed by atoms with E-state index in [0.29, 0.717) is 11.1 Å². The molecule has 12 heteroatoms. The molecule has 0 spiro atoms. The highest BCUT2D eigenvalue weighted by Gasteiger charge is 2.07. The lowest BCUT2D eigenvalue weighted by Crippen LogP contribution is -2.30. The van der Waals surface area contributed by atoms with Crippen molar-refractivity contribution < 1.29 is 14.3 Å². The number of guanidine groups is 2. The highest BCUT2D eigenvalue weighted by molar-refractivity contribution is 5.94. The molecule has 0 aliphatic heterocycles. The molecule has 2 rings (SSSR count). The Balaban J connectivity index is 2.21. The first-order chi connectivity index (χ1) is 12.9. The van der Waals surface area contributed by atoms with E-state index in [1.54, 1.807) is 12.1 Å². The van der Waals surface area contributed by atoms with Gasteiger partial charge in [-0.05, 0) is 30.3 Å². The standard InChI is InChI=1S/C15H16N8O4/c1-8(20-15(19-4-5-24)21-14(16)17)26-10-3-2-9-6-11(22-23-18)13(25)27-12(9)7-10/h2-3,6-7,24H,1,4-5H2,(H5,16,17,19,20,21). The maximum atomic E-state index is 11.7. The Labute approximate surface area is 152 Å². The van der Waals surface area contributed by atoms with Crippen LogP contribution in [0.1, 0.15) is 0 Å². The van der Waals surface area contributed by atoms with Gasteiger partial charge in [0, 0.05) is 16.4 Å². The molecule has 2 aromatic rings. The molecule has 1 aromatic carbocycles. The van der Waals surface area contributed by atoms with Crippen LogP contribution in [0.5, 0.6) is 5.75 Å². The molecular formula is C15H16N8O4. The number of fused-ring (bicyclic) bond motifs is 1. The van der Waals surface area contributed by atoms with Gasteiger partial charge in [-0.25, -0.2) is 9.79 Å². The zero-order valence-electron chi connectivity index (χ0n) is 14.0. The van der Waals surface area contributed by atoms with Gasteiger partial charge in [-0.3, -0.25) is 5.32 Å². The normalized spacial score (nSPS) is 10.8. The van der Waals surface area contributed by atoms with E-state index >= 15 is 0 Å². The number of aliphatic hydroxyl groups is 1. The van der Waals surface area contributed by atoms with Gasteiger partial charge >= 0.3 is 5.63 Å². The summed E-state index contributed by atoms with van der Waals surface area (Å²) >= 11 is 0. The van der Waals surface area contributed by atoms with Crippen LogP contribution in [-0.2, 0) is 0 Å². The lowest BCUT2D eigenvalue weighted by Gasteiger charge is -2.11. The second-order valence-corrected chi connectivity index (χ2v) is 4.92. The van der Waals surface area contributed by atoms with E-state index in [1.165, 1.54) is 12.1 Å². The SMILES string of the molecule is C=C(NC(N=C(N)N)=NCCO)Oc1ccc2cc(N=[N+]=[N-])c(=O)oc2c1. The number of ether oxygens (including phenoxy) is 1. The second kappa shape index (κ2) is 8.89. The zero-order valence-corrected chi connectivity index (χ0v) is 14.0. The molecule has 1 aromatic heterocycles. The summed E-state index contributed by atoms with van der Waals surface area (Å²) in [5, 5.41) is 15.3. The number of nitrogens with zero attached hydrogens (tertiary/aromatic N) is 5. The molecule has 6 N–H and O–H groups in total. The highest BCUT2D eigenvalue weighted by Crippen LogP contribution is 2.23. The number of azide groups is 1. The molecule has 0 bridgehead atoms. The quantitative estimate of drug-likeness (QED) is 0.109. The Hall–Kier alpha value is -4.02. The molecule has 1 heterocycles. The molecule has 140 valence electrons. The number of rotatable bonds is 6. The van der Waals surface area contributed by atoms with Crippen LogP contribution in [0.2, 0.25) is 0 Å². The third-order valence-corrected chi connectivity index (χ3v) is 2.93. The van der Waals surface area contributed by atoms with Crippen LogP contribution in [0.3, 0.4) is 0 Å². The summed E-state index contributed by atoms with van der Waals surface area (Å²) in [6, 6.07) is 6.04. The van der Waals surface area contributed by atoms with Crippen LogP contribution in [0, 0.1) is 0 Å². The van der Waals surface area contributed by atoms with Gasteiger partial charge < -0.3 is 25.7 Å². The molecule has 0 aliphatic carbocycles. The summed E-state index contributed by atoms with van der Waals surface area (Å²) in [6.07, 6.45) is 0. The van der Waals surface area contributed by atoms with E-state index in [-0.39, 0.29) is 42.2 Å². The van der Waals surface area contributed by atoms with E-state index in [2.05, 4.69) is 31.9 Å². The first kappa shape index (κ1) is 19.3. The van der Waals surface area contributed by atoms with Crippen molar-refractivity contribution in [3.05, 3.63) is 57.6 Å². The Morgan fingerprint density at radius 1 is 1.41 bits per heavy atom. The third-order valence-electron chi connectivity index (χ3n) is 2.93. The first-order valence-corrected chi connectivity index (χ1v) is 7.44. The Morgan fingerprint density at radius 3 is 2.85 bits per heavy atom. The van der Waals surface area contributed by atoms with Crippen LogP contribution >= 0.6 is 0 Å². The molecule has 0 fully saturated rings. The second-order valence-electron chi connectivity index (χ2n) is 4.92. The maximum Gasteiger partial charge on any atom is 0.345 e. The van der Waals surface area contributed by atoms with Crippen LogP contribution in [0.4, 0.5) is 5.69 Å². The van der Waals surface area contributed by atoms with Crippen molar-refractivity contribution in [1.82, 2.24) is 5.32 Å². The predicted molar refractivity (Wildman–Crippen MR) is 99.4 cm³/mol. The highest BCUT2D eigenvalue weighted by atomic mass is 16.5. The van der Waals surface area contributed by atoms with Crippen molar-refractivity contribution >= 4 is 28.6 Å². The molecular weight excluding hydrogens is 356 g/mol. The van der Waals surface area contributed by atoms with Crippen LogP contribution in [0.15, 0.2) is 61.0 Å². The van der Waals surface area contributed by atoms with Crippen molar-refractivity contribution in [2.24, 2.45) is 26.6 Å². The number of nitrogens with one attached hydrogen (secondary N) is 1. The lowest BCUT2D eigenvalue weighted by molar-refractivity contribution is 0.306. The average molecular weight is 372 g/mol. The van der Waals surface area contributed by atoms with Gasteiger partial charge in [0.25, 0.3) is 0 Å². The molecule has 0 atom stereocenters. The largest absolute Gasteiger partial charge is 0.441 e. The Morgan fingerprint density at radius 2 is 2.19 bits per heavy atom. The molecule has 0 radical (unpaired) electrons. The predicted octanol–water partition coefficient (Wildman–Crippen LogP) is 0.796. The van der Waals surface area contributed by atoms with E-state index in [9.17, 15) is 4.79 Å². The van der Waals surface area contributed by atoms with Crippen LogP contribution in [-0.4, -0.2) is 30.2 Å². The zero-order chi connectivity index (χ0) is 19.8. The first-order valence-electron chi connectivity index (χ1n) is 7.44. The van der Waals surface area contributed by atoms with Crippen LogP contribution in [0.25, 0.3) is 21.4 Å². The summed E-state index contributed by atoms with van der Waals surface area (Å²) in [4.78, 5) is 22.0. The fourth-order valence-electron chi connectivity index (χ4n) is 1.94. The third kappa shape index (κ3) is 5.49. The van der Waals surface area contributed by atoms with Crippen molar-refractivity contribution in [3.8, 4) is 5.75 Å². The number of aliphatic hydroxyl groups excluding tert-OH is 1. The molecule has 0 saturated carbocycles. The molecule has 27 heavy (non-hydrogen) atoms. The van der Waals surface area contributed by atoms with E-state index in [4.69, 9.17) is 31.3 Å². The van der Waals surface area contributed by atoms with Gasteiger partial charge in [0.1, 0.15) is 17.0 Å². The van der Waals surface area contributed by atoms with Gasteiger partial charge in [0.2, 0.25) is 5.96 Å². The molecule has 0 unspecified atom stereocenters. The number of hydrogen-bond donors (Lipinski definition) is 4. The summed E-state index contributed by atoms with van der Waals surface area (Å²) in [5.74, 6) is 0.0886. The molecule has 0 aliphatic rings. The molecule has 0 saturated heterocycles. The van der Waals surface area contributed by atoms with Crippen molar-refractivity contribution in [1.29, 1.82) is 0 Å². The summed E-state index contributed by atoms with van der Waals surface area (Å²) in [5.41, 5.74) is 18.3. The van der Waals surface area contributed by atoms with Crippen molar-refractivity contribution in [2.75, 3.05) is 13.2 Å². The van der Waals surface area contributed by atoms with Crippen molar-refractivity contribution in [3.63, 3.8) is 0 Å². The minimum absolute atomic E-state index is 0.000350. The monoisotopic (exact) mass is 372 g/mol. The van der Waals surface area contributed by atoms with Crippen molar-refractivity contribution in [2.45, 2.75) is 0 Å². The summed E-state index contributed by atoms with van der Waals surface area (Å²) in [6.45, 7) is 3.54. The number of aliphatic imine (C=N–C) groups is 2. The minimum Gasteiger partial charge on any atom is -0.441 e. The fraction of sp³-hybridized carbons (Fsp3) is 0.133. The summed E-state index contributed by atoms with van der Waals surface area (Å²) < 4.78 is 10.6. The van der Waals surface area contributed by atoms with Gasteiger partial charge in [0.05, 0.1) is 13.2 Å². The Bertz CT molecular complexity index is 1020. The van der Waals surface area contributed by atoms with E-state index in [1.807, 2.05) is 0 Å². The molecule has 12 nitrogen and oxygen atoms in total. The molecule has 0 amide bonds. The number of benzene rings is 1. The van der Waals surface area contributed by atoms with Gasteiger partial charge in [-0.15, -0.1) is 0 Å². The average Bonchev–Trinajstić information content (AvgIpc) is 2.60. The van der Waals surface area contributed by atoms with E-state index in [0.717, 1.165) is 0 Å². The summed E-state index contributed by atoms with van der Waals surface area (Å²) in [7, 11) is 0. The maximum absolute atomic E-state index is 11.7. The Kier molecular flexibility index (Phi) is 6.36. The smallest absolute Gasteiger partial charge is 0.345 e. The van der Waals surface area contributed by atoms with Gasteiger partial charge in [0.15, 0.2) is 11.8 Å². The topological polar surface area (TPSA) is 197 Å². The lowest BCUT2D eigenvalue weighted by atomic mass is 10.2.